The minimum Gasteiger partial charge on any atom is -0.493 e. The van der Waals surface area contributed by atoms with Crippen LogP contribution in [0.15, 0.2) is 65.2 Å². The molecule has 4 rings (SSSR count). The average molecular weight is 425 g/mol. The summed E-state index contributed by atoms with van der Waals surface area (Å²) in [6.45, 7) is 4.81. The number of benzene rings is 2. The van der Waals surface area contributed by atoms with Gasteiger partial charge >= 0.3 is 0 Å². The van der Waals surface area contributed by atoms with Crippen molar-refractivity contribution < 1.29 is 13.9 Å². The monoisotopic (exact) mass is 424 g/mol. The summed E-state index contributed by atoms with van der Waals surface area (Å²) in [6, 6.07) is 17.9. The van der Waals surface area contributed by atoms with Crippen molar-refractivity contribution in [3.05, 3.63) is 66.6 Å². The molecule has 0 spiro atoms. The molecule has 158 valence electrons. The molecule has 0 bridgehead atoms. The fourth-order valence-electron chi connectivity index (χ4n) is 3.41. The van der Waals surface area contributed by atoms with E-state index in [2.05, 4.69) is 9.88 Å². The highest BCUT2D eigenvalue weighted by Crippen LogP contribution is 2.24. The molecule has 3 aromatic rings. The minimum atomic E-state index is 0.648. The van der Waals surface area contributed by atoms with Crippen LogP contribution in [0.25, 0.3) is 11.5 Å². The summed E-state index contributed by atoms with van der Waals surface area (Å²) in [6.07, 6.45) is 4.43. The first-order valence-electron chi connectivity index (χ1n) is 10.5. The predicted octanol–water partition coefficient (Wildman–Crippen LogP) is 5.13. The summed E-state index contributed by atoms with van der Waals surface area (Å²) >= 11 is 1.77. The van der Waals surface area contributed by atoms with Crippen molar-refractivity contribution in [2.45, 2.75) is 18.6 Å². The molecule has 0 aliphatic carbocycles. The van der Waals surface area contributed by atoms with E-state index in [-0.39, 0.29) is 0 Å². The zero-order chi connectivity index (χ0) is 20.4. The summed E-state index contributed by atoms with van der Waals surface area (Å²) in [5, 5.41) is 0. The van der Waals surface area contributed by atoms with Crippen LogP contribution in [0.3, 0.4) is 0 Å². The van der Waals surface area contributed by atoms with E-state index < -0.39 is 0 Å². The van der Waals surface area contributed by atoms with Gasteiger partial charge in [0.1, 0.15) is 23.9 Å². The molecule has 1 saturated heterocycles. The van der Waals surface area contributed by atoms with Crippen LogP contribution in [0.4, 0.5) is 0 Å². The Morgan fingerprint density at radius 2 is 1.63 bits per heavy atom. The van der Waals surface area contributed by atoms with Gasteiger partial charge in [-0.3, -0.25) is 4.90 Å². The molecule has 0 atom stereocenters. The zero-order valence-corrected chi connectivity index (χ0v) is 18.0. The first-order chi connectivity index (χ1) is 14.9. The minimum absolute atomic E-state index is 0.648. The van der Waals surface area contributed by atoms with E-state index >= 15 is 0 Å². The molecule has 0 saturated carbocycles. The maximum Gasteiger partial charge on any atom is 0.226 e. The molecule has 1 fully saturated rings. The number of hydrogen-bond acceptors (Lipinski definition) is 6. The summed E-state index contributed by atoms with van der Waals surface area (Å²) in [5.74, 6) is 5.00. The van der Waals surface area contributed by atoms with E-state index in [1.54, 1.807) is 18.0 Å². The van der Waals surface area contributed by atoms with E-state index in [1.165, 1.54) is 25.9 Å². The normalized spacial score (nSPS) is 14.1. The van der Waals surface area contributed by atoms with Gasteiger partial charge in [-0.25, -0.2) is 4.98 Å². The Hall–Kier alpha value is -2.44. The van der Waals surface area contributed by atoms with E-state index in [0.29, 0.717) is 12.5 Å². The lowest BCUT2D eigenvalue weighted by atomic mass is 10.2. The van der Waals surface area contributed by atoms with Crippen molar-refractivity contribution in [2.75, 3.05) is 38.6 Å². The van der Waals surface area contributed by atoms with Gasteiger partial charge in [0.2, 0.25) is 5.89 Å². The van der Waals surface area contributed by atoms with Crippen molar-refractivity contribution in [2.24, 2.45) is 0 Å². The second kappa shape index (κ2) is 11.1. The van der Waals surface area contributed by atoms with Crippen LogP contribution in [-0.4, -0.2) is 48.5 Å². The van der Waals surface area contributed by atoms with Gasteiger partial charge in [0.25, 0.3) is 0 Å². The van der Waals surface area contributed by atoms with E-state index in [0.717, 1.165) is 47.5 Å². The highest BCUT2D eigenvalue weighted by Gasteiger charge is 2.11. The first-order valence-corrected chi connectivity index (χ1v) is 11.7. The second-order valence-corrected chi connectivity index (χ2v) is 8.37. The van der Waals surface area contributed by atoms with Crippen LogP contribution >= 0.6 is 11.8 Å². The van der Waals surface area contributed by atoms with Crippen molar-refractivity contribution in [3.8, 4) is 23.0 Å². The third kappa shape index (κ3) is 6.28. The summed E-state index contributed by atoms with van der Waals surface area (Å²) in [4.78, 5) is 6.87. The Morgan fingerprint density at radius 1 is 0.900 bits per heavy atom. The fourth-order valence-corrected chi connectivity index (χ4v) is 4.09. The van der Waals surface area contributed by atoms with Crippen LogP contribution in [0.1, 0.15) is 18.6 Å². The first kappa shape index (κ1) is 20.8. The lowest BCUT2D eigenvalue weighted by Gasteiger charge is -2.14. The third-order valence-electron chi connectivity index (χ3n) is 5.01. The molecule has 0 amide bonds. The van der Waals surface area contributed by atoms with Crippen LogP contribution < -0.4 is 9.47 Å². The van der Waals surface area contributed by atoms with Gasteiger partial charge in [-0.05, 0) is 62.3 Å². The fraction of sp³-hybridized carbons (Fsp3) is 0.375. The van der Waals surface area contributed by atoms with Gasteiger partial charge < -0.3 is 13.9 Å². The van der Waals surface area contributed by atoms with E-state index in [1.807, 2.05) is 54.6 Å². The maximum atomic E-state index is 5.90. The van der Waals surface area contributed by atoms with Crippen molar-refractivity contribution in [1.29, 1.82) is 0 Å². The highest BCUT2D eigenvalue weighted by molar-refractivity contribution is 7.98. The number of aromatic nitrogens is 1. The number of likely N-dealkylation sites (tertiary alicyclic amines) is 1. The van der Waals surface area contributed by atoms with Crippen LogP contribution in [-0.2, 0) is 5.75 Å². The maximum absolute atomic E-state index is 5.90. The van der Waals surface area contributed by atoms with Gasteiger partial charge in [-0.2, -0.15) is 11.8 Å². The van der Waals surface area contributed by atoms with Crippen molar-refractivity contribution in [3.63, 3.8) is 0 Å². The quantitative estimate of drug-likeness (QED) is 0.398. The average Bonchev–Trinajstić information content (AvgIpc) is 3.47. The van der Waals surface area contributed by atoms with Crippen LogP contribution in [0, 0.1) is 0 Å². The molecule has 0 N–H and O–H groups in total. The number of thioether (sulfide) groups is 1. The van der Waals surface area contributed by atoms with Gasteiger partial charge in [0.15, 0.2) is 0 Å². The molecule has 30 heavy (non-hydrogen) atoms. The second-order valence-electron chi connectivity index (χ2n) is 7.27. The van der Waals surface area contributed by atoms with Crippen molar-refractivity contribution in [1.82, 2.24) is 9.88 Å². The summed E-state index contributed by atoms with van der Waals surface area (Å²) in [5.41, 5.74) is 0.963. The standard InChI is InChI=1S/C24H28N2O3S/c1-2-6-21(7-3-1)28-16-17-30-19-23-18-25-24(29-23)20-8-10-22(11-9-20)27-15-14-26-12-4-5-13-26/h1-3,6-11,18H,4-5,12-17,19H2. The molecule has 0 unspecified atom stereocenters. The van der Waals surface area contributed by atoms with Gasteiger partial charge in [-0.15, -0.1) is 0 Å². The Kier molecular flexibility index (Phi) is 7.69. The number of hydrogen-bond donors (Lipinski definition) is 0. The highest BCUT2D eigenvalue weighted by atomic mass is 32.2. The van der Waals surface area contributed by atoms with E-state index in [9.17, 15) is 0 Å². The lowest BCUT2D eigenvalue weighted by molar-refractivity contribution is 0.238. The van der Waals surface area contributed by atoms with Crippen LogP contribution in [0.5, 0.6) is 11.5 Å². The molecule has 6 heteroatoms. The van der Waals surface area contributed by atoms with Gasteiger partial charge in [-0.1, -0.05) is 18.2 Å². The van der Waals surface area contributed by atoms with Gasteiger partial charge in [0.05, 0.1) is 18.6 Å². The topological polar surface area (TPSA) is 47.7 Å². The van der Waals surface area contributed by atoms with Crippen molar-refractivity contribution >= 4 is 11.8 Å². The molecule has 5 nitrogen and oxygen atoms in total. The Morgan fingerprint density at radius 3 is 2.43 bits per heavy atom. The molecule has 1 aliphatic rings. The zero-order valence-electron chi connectivity index (χ0n) is 17.2. The van der Waals surface area contributed by atoms with Gasteiger partial charge in [0, 0.05) is 17.9 Å². The molecule has 2 aromatic carbocycles. The molecule has 1 aliphatic heterocycles. The molecular weight excluding hydrogens is 396 g/mol. The predicted molar refractivity (Wildman–Crippen MR) is 121 cm³/mol. The number of rotatable bonds is 11. The molecule has 2 heterocycles. The smallest absolute Gasteiger partial charge is 0.226 e. The number of nitrogens with zero attached hydrogens (tertiary/aromatic N) is 2. The molecule has 0 radical (unpaired) electrons. The lowest BCUT2D eigenvalue weighted by Crippen LogP contribution is -2.25. The largest absolute Gasteiger partial charge is 0.493 e. The van der Waals surface area contributed by atoms with E-state index in [4.69, 9.17) is 13.9 Å². The number of para-hydroxylation sites is 1. The Balaban J connectivity index is 1.17. The Labute approximate surface area is 182 Å². The number of ether oxygens (including phenoxy) is 2. The molecular formula is C24H28N2O3S. The SMILES string of the molecule is c1ccc(OCCSCc2cnc(-c3ccc(OCCN4CCCC4)cc3)o2)cc1. The summed E-state index contributed by atoms with van der Waals surface area (Å²) in [7, 11) is 0. The third-order valence-corrected chi connectivity index (χ3v) is 5.96. The number of oxazole rings is 1. The molecule has 1 aromatic heterocycles. The Bertz CT molecular complexity index is 877. The van der Waals surface area contributed by atoms with Crippen LogP contribution in [0.2, 0.25) is 0 Å². The summed E-state index contributed by atoms with van der Waals surface area (Å²) < 4.78 is 17.5.